The lowest BCUT2D eigenvalue weighted by Gasteiger charge is -2.39. The predicted molar refractivity (Wildman–Crippen MR) is 75.4 cm³/mol. The van der Waals surface area contributed by atoms with Gasteiger partial charge in [-0.25, -0.2) is 0 Å². The van der Waals surface area contributed by atoms with Gasteiger partial charge in [0, 0.05) is 17.8 Å². The van der Waals surface area contributed by atoms with E-state index < -0.39 is 0 Å². The summed E-state index contributed by atoms with van der Waals surface area (Å²) >= 11 is 0. The topological polar surface area (TPSA) is 9.23 Å². The Morgan fingerprint density at radius 2 is 2.00 bits per heavy atom. The minimum absolute atomic E-state index is 0.0547. The highest BCUT2D eigenvalue weighted by Crippen LogP contribution is 2.47. The van der Waals surface area contributed by atoms with E-state index in [1.165, 1.54) is 16.7 Å². The van der Waals surface area contributed by atoms with E-state index in [2.05, 4.69) is 51.0 Å². The van der Waals surface area contributed by atoms with E-state index in [0.29, 0.717) is 6.42 Å². The van der Waals surface area contributed by atoms with E-state index in [4.69, 9.17) is 11.2 Å². The lowest BCUT2D eigenvalue weighted by atomic mass is 9.67. The molecule has 1 aromatic rings. The van der Waals surface area contributed by atoms with Crippen LogP contribution in [0.15, 0.2) is 35.6 Å². The van der Waals surface area contributed by atoms with E-state index in [9.17, 15) is 0 Å². The van der Waals surface area contributed by atoms with Crippen molar-refractivity contribution in [3.05, 3.63) is 46.7 Å². The van der Waals surface area contributed by atoms with Crippen LogP contribution in [0.25, 0.3) is 0 Å². The maximum Gasteiger partial charge on any atom is 0.104 e. The Bertz CT molecular complexity index is 529. The van der Waals surface area contributed by atoms with Crippen molar-refractivity contribution in [1.29, 1.82) is 0 Å². The highest BCUT2D eigenvalue weighted by molar-refractivity contribution is 5.50. The summed E-state index contributed by atoms with van der Waals surface area (Å²) in [6.45, 7) is 6.64. The summed E-state index contributed by atoms with van der Waals surface area (Å²) in [5.41, 5.74) is 3.89. The SMILES string of the molecule is C#CCC1=C(OC)C(C)c2ccccc2C1(C)C. The van der Waals surface area contributed by atoms with Crippen LogP contribution in [0.1, 0.15) is 44.2 Å². The third-order valence-corrected chi connectivity index (χ3v) is 4.04. The number of ether oxygens (including phenoxy) is 1. The van der Waals surface area contributed by atoms with Crippen LogP contribution in [-0.2, 0) is 10.2 Å². The quantitative estimate of drug-likeness (QED) is 0.710. The van der Waals surface area contributed by atoms with Gasteiger partial charge in [-0.1, -0.05) is 45.0 Å². The Balaban J connectivity index is 2.68. The molecule has 0 bridgehead atoms. The number of allylic oxidation sites excluding steroid dienone is 2. The van der Waals surface area contributed by atoms with Crippen molar-refractivity contribution in [2.24, 2.45) is 0 Å². The van der Waals surface area contributed by atoms with Crippen LogP contribution in [0.2, 0.25) is 0 Å². The Morgan fingerprint density at radius 1 is 1.33 bits per heavy atom. The van der Waals surface area contributed by atoms with Gasteiger partial charge in [0.05, 0.1) is 7.11 Å². The van der Waals surface area contributed by atoms with Crippen LogP contribution in [0.3, 0.4) is 0 Å². The predicted octanol–water partition coefficient (Wildman–Crippen LogP) is 4.01. The van der Waals surface area contributed by atoms with E-state index in [1.54, 1.807) is 7.11 Å². The molecule has 0 heterocycles. The Labute approximate surface area is 110 Å². The average molecular weight is 240 g/mol. The van der Waals surface area contributed by atoms with Gasteiger partial charge in [0.2, 0.25) is 0 Å². The number of rotatable bonds is 2. The van der Waals surface area contributed by atoms with Gasteiger partial charge in [-0.15, -0.1) is 12.3 Å². The van der Waals surface area contributed by atoms with E-state index in [0.717, 1.165) is 5.76 Å². The fourth-order valence-electron chi connectivity index (χ4n) is 3.03. The Hall–Kier alpha value is -1.68. The molecular formula is C17H20O. The van der Waals surface area contributed by atoms with Gasteiger partial charge in [-0.3, -0.25) is 0 Å². The highest BCUT2D eigenvalue weighted by atomic mass is 16.5. The minimum atomic E-state index is -0.0547. The molecule has 1 aliphatic carbocycles. The molecule has 0 aliphatic heterocycles. The van der Waals surface area contributed by atoms with Crippen molar-refractivity contribution < 1.29 is 4.74 Å². The fourth-order valence-corrected chi connectivity index (χ4v) is 3.03. The van der Waals surface area contributed by atoms with Gasteiger partial charge in [0.15, 0.2) is 0 Å². The van der Waals surface area contributed by atoms with Gasteiger partial charge in [-0.2, -0.15) is 0 Å². The van der Waals surface area contributed by atoms with Gasteiger partial charge >= 0.3 is 0 Å². The summed E-state index contributed by atoms with van der Waals surface area (Å²) in [4.78, 5) is 0. The lowest BCUT2D eigenvalue weighted by molar-refractivity contribution is 0.249. The van der Waals surface area contributed by atoms with Gasteiger partial charge in [0.1, 0.15) is 5.76 Å². The van der Waals surface area contributed by atoms with Crippen LogP contribution in [-0.4, -0.2) is 7.11 Å². The number of hydrogen-bond acceptors (Lipinski definition) is 1. The number of hydrogen-bond donors (Lipinski definition) is 0. The van der Waals surface area contributed by atoms with Crippen molar-refractivity contribution in [3.63, 3.8) is 0 Å². The van der Waals surface area contributed by atoms with Crippen molar-refractivity contribution in [2.75, 3.05) is 7.11 Å². The molecule has 0 fully saturated rings. The molecule has 0 radical (unpaired) electrons. The molecule has 1 aliphatic rings. The molecule has 18 heavy (non-hydrogen) atoms. The summed E-state index contributed by atoms with van der Waals surface area (Å²) in [5.74, 6) is 4.09. The van der Waals surface area contributed by atoms with Gasteiger partial charge in [0.25, 0.3) is 0 Å². The molecule has 1 aromatic carbocycles. The molecule has 0 aromatic heterocycles. The van der Waals surface area contributed by atoms with Crippen LogP contribution in [0, 0.1) is 12.3 Å². The monoisotopic (exact) mass is 240 g/mol. The molecule has 94 valence electrons. The first-order valence-corrected chi connectivity index (χ1v) is 6.34. The van der Waals surface area contributed by atoms with Crippen molar-refractivity contribution in [1.82, 2.24) is 0 Å². The van der Waals surface area contributed by atoms with Crippen LogP contribution in [0.4, 0.5) is 0 Å². The number of methoxy groups -OCH3 is 1. The summed E-state index contributed by atoms with van der Waals surface area (Å²) in [6.07, 6.45) is 6.17. The van der Waals surface area contributed by atoms with Gasteiger partial charge < -0.3 is 4.74 Å². The van der Waals surface area contributed by atoms with E-state index >= 15 is 0 Å². The smallest absolute Gasteiger partial charge is 0.104 e. The summed E-state index contributed by atoms with van der Waals surface area (Å²) in [7, 11) is 1.74. The third-order valence-electron chi connectivity index (χ3n) is 4.04. The first-order chi connectivity index (χ1) is 8.54. The minimum Gasteiger partial charge on any atom is -0.500 e. The summed E-state index contributed by atoms with van der Waals surface area (Å²) in [5, 5.41) is 0. The molecule has 1 unspecified atom stereocenters. The summed E-state index contributed by atoms with van der Waals surface area (Å²) < 4.78 is 5.65. The number of benzene rings is 1. The van der Waals surface area contributed by atoms with Gasteiger partial charge in [-0.05, 0) is 16.7 Å². The first kappa shape index (κ1) is 12.8. The Morgan fingerprint density at radius 3 is 2.61 bits per heavy atom. The second-order valence-electron chi connectivity index (χ2n) is 5.36. The van der Waals surface area contributed by atoms with Crippen LogP contribution in [0.5, 0.6) is 0 Å². The fraction of sp³-hybridized carbons (Fsp3) is 0.412. The number of terminal acetylenes is 1. The zero-order valence-corrected chi connectivity index (χ0v) is 11.6. The zero-order valence-electron chi connectivity index (χ0n) is 11.6. The molecule has 1 heteroatoms. The average Bonchev–Trinajstić information content (AvgIpc) is 2.37. The molecule has 2 rings (SSSR count). The van der Waals surface area contributed by atoms with E-state index in [1.807, 2.05) is 0 Å². The largest absolute Gasteiger partial charge is 0.500 e. The van der Waals surface area contributed by atoms with Crippen molar-refractivity contribution in [3.8, 4) is 12.3 Å². The standard InChI is InChI=1S/C17H20O/c1-6-9-15-16(18-5)12(2)13-10-7-8-11-14(13)17(15,3)4/h1,7-8,10-12H,9H2,2-5H3. The molecule has 0 saturated carbocycles. The lowest BCUT2D eigenvalue weighted by Crippen LogP contribution is -2.30. The normalized spacial score (nSPS) is 21.2. The molecule has 0 amide bonds. The number of fused-ring (bicyclic) bond motifs is 1. The first-order valence-electron chi connectivity index (χ1n) is 6.34. The second kappa shape index (κ2) is 4.53. The van der Waals surface area contributed by atoms with Crippen LogP contribution < -0.4 is 0 Å². The second-order valence-corrected chi connectivity index (χ2v) is 5.36. The van der Waals surface area contributed by atoms with Crippen molar-refractivity contribution >= 4 is 0 Å². The zero-order chi connectivity index (χ0) is 13.3. The van der Waals surface area contributed by atoms with Crippen molar-refractivity contribution in [2.45, 2.75) is 38.5 Å². The van der Waals surface area contributed by atoms with E-state index in [-0.39, 0.29) is 11.3 Å². The maximum absolute atomic E-state index is 5.65. The molecular weight excluding hydrogens is 220 g/mol. The Kier molecular flexibility index (Phi) is 3.22. The molecule has 1 atom stereocenters. The summed E-state index contributed by atoms with van der Waals surface area (Å²) in [6, 6.07) is 8.58. The highest BCUT2D eigenvalue weighted by Gasteiger charge is 2.37. The molecule has 1 nitrogen and oxygen atoms in total. The molecule has 0 N–H and O–H groups in total. The maximum atomic E-state index is 5.65. The van der Waals surface area contributed by atoms with Crippen LogP contribution >= 0.6 is 0 Å². The molecule has 0 spiro atoms. The third kappa shape index (κ3) is 1.73. The molecule has 0 saturated heterocycles.